The summed E-state index contributed by atoms with van der Waals surface area (Å²) >= 11 is 0. The van der Waals surface area contributed by atoms with Gasteiger partial charge in [0.1, 0.15) is 11.6 Å². The Bertz CT molecular complexity index is 1180. The zero-order chi connectivity index (χ0) is 22.6. The predicted octanol–water partition coefficient (Wildman–Crippen LogP) is 4.60. The molecule has 0 unspecified atom stereocenters. The van der Waals surface area contributed by atoms with Gasteiger partial charge < -0.3 is 10.2 Å². The number of piperidine rings is 1. The maximum absolute atomic E-state index is 13.3. The molecule has 9 heteroatoms. The first-order valence-electron chi connectivity index (χ1n) is 10.6. The second-order valence-electron chi connectivity index (χ2n) is 7.93. The topological polar surface area (TPSA) is 87.2 Å². The van der Waals surface area contributed by atoms with Crippen LogP contribution in [0.1, 0.15) is 30.5 Å². The van der Waals surface area contributed by atoms with Gasteiger partial charge in [0.25, 0.3) is 0 Å². The van der Waals surface area contributed by atoms with Gasteiger partial charge in [0.2, 0.25) is 16.0 Å². The highest BCUT2D eigenvalue weighted by atomic mass is 32.2. The van der Waals surface area contributed by atoms with E-state index in [1.165, 1.54) is 37.5 Å². The van der Waals surface area contributed by atoms with Crippen molar-refractivity contribution in [3.8, 4) is 0 Å². The number of anilines is 4. The molecule has 1 saturated heterocycles. The Balaban J connectivity index is 1.42. The second-order valence-corrected chi connectivity index (χ2v) is 9.65. The number of sulfonamides is 1. The molecule has 3 aromatic rings. The van der Waals surface area contributed by atoms with Crippen LogP contribution in [0.2, 0.25) is 0 Å². The molecule has 0 aliphatic carbocycles. The summed E-state index contributed by atoms with van der Waals surface area (Å²) < 4.78 is 40.7. The molecule has 2 aromatic carbocycles. The Labute approximate surface area is 187 Å². The molecule has 168 valence electrons. The van der Waals surface area contributed by atoms with Gasteiger partial charge in [-0.25, -0.2) is 17.8 Å². The number of nitrogens with one attached hydrogen (secondary N) is 2. The average molecular weight is 456 g/mol. The summed E-state index contributed by atoms with van der Waals surface area (Å²) in [4.78, 5) is 11.4. The zero-order valence-electron chi connectivity index (χ0n) is 17.9. The van der Waals surface area contributed by atoms with Crippen molar-refractivity contribution in [2.75, 3.05) is 28.0 Å². The van der Waals surface area contributed by atoms with Crippen molar-refractivity contribution in [3.63, 3.8) is 0 Å². The fraction of sp³-hybridized carbons (Fsp3) is 0.304. The molecular formula is C23H26FN5O2S. The predicted molar refractivity (Wildman–Crippen MR) is 125 cm³/mol. The van der Waals surface area contributed by atoms with Crippen LogP contribution in [0.4, 0.5) is 27.5 Å². The molecule has 0 bridgehead atoms. The normalized spacial score (nSPS) is 14.2. The average Bonchev–Trinajstić information content (AvgIpc) is 2.75. The van der Waals surface area contributed by atoms with Crippen LogP contribution in [0.5, 0.6) is 0 Å². The molecule has 4 rings (SSSR count). The van der Waals surface area contributed by atoms with Gasteiger partial charge >= 0.3 is 0 Å². The highest BCUT2D eigenvalue weighted by Crippen LogP contribution is 2.23. The van der Waals surface area contributed by atoms with Crippen molar-refractivity contribution < 1.29 is 12.8 Å². The molecule has 1 aliphatic heterocycles. The van der Waals surface area contributed by atoms with Crippen LogP contribution in [-0.2, 0) is 15.8 Å². The Morgan fingerprint density at radius 2 is 1.69 bits per heavy atom. The third-order valence-electron chi connectivity index (χ3n) is 5.18. The fourth-order valence-electron chi connectivity index (χ4n) is 3.71. The highest BCUT2D eigenvalue weighted by molar-refractivity contribution is 7.91. The van der Waals surface area contributed by atoms with Gasteiger partial charge in [0.15, 0.2) is 0 Å². The van der Waals surface area contributed by atoms with Crippen LogP contribution in [-0.4, -0.2) is 31.5 Å². The first-order valence-corrected chi connectivity index (χ1v) is 12.2. The van der Waals surface area contributed by atoms with Gasteiger partial charge in [-0.3, -0.25) is 4.72 Å². The molecule has 0 spiro atoms. The molecule has 2 heterocycles. The van der Waals surface area contributed by atoms with Crippen molar-refractivity contribution in [1.29, 1.82) is 0 Å². The number of aryl methyl sites for hydroxylation is 1. The first kappa shape index (κ1) is 22.0. The van der Waals surface area contributed by atoms with Gasteiger partial charge in [0, 0.05) is 36.2 Å². The minimum atomic E-state index is -3.67. The van der Waals surface area contributed by atoms with Crippen molar-refractivity contribution in [2.45, 2.75) is 31.9 Å². The van der Waals surface area contributed by atoms with Gasteiger partial charge in [0.05, 0.1) is 5.75 Å². The molecule has 2 N–H and O–H groups in total. The molecule has 0 atom stereocenters. The van der Waals surface area contributed by atoms with E-state index < -0.39 is 15.8 Å². The summed E-state index contributed by atoms with van der Waals surface area (Å²) in [6, 6.07) is 14.4. The smallest absolute Gasteiger partial charge is 0.236 e. The van der Waals surface area contributed by atoms with E-state index in [0.29, 0.717) is 17.2 Å². The van der Waals surface area contributed by atoms with E-state index >= 15 is 0 Å². The van der Waals surface area contributed by atoms with Crippen molar-refractivity contribution in [2.24, 2.45) is 0 Å². The van der Waals surface area contributed by atoms with Crippen molar-refractivity contribution in [3.05, 3.63) is 71.7 Å². The van der Waals surface area contributed by atoms with Crippen LogP contribution < -0.4 is 14.9 Å². The van der Waals surface area contributed by atoms with Crippen LogP contribution in [0.25, 0.3) is 0 Å². The maximum Gasteiger partial charge on any atom is 0.236 e. The number of hydrogen-bond donors (Lipinski definition) is 2. The fourth-order valence-corrected chi connectivity index (χ4v) is 4.89. The van der Waals surface area contributed by atoms with E-state index in [1.54, 1.807) is 30.3 Å². The lowest BCUT2D eigenvalue weighted by atomic mass is 10.1. The molecular weight excluding hydrogens is 429 g/mol. The monoisotopic (exact) mass is 455 g/mol. The van der Waals surface area contributed by atoms with Crippen molar-refractivity contribution >= 4 is 33.2 Å². The lowest BCUT2D eigenvalue weighted by Gasteiger charge is -2.28. The molecule has 7 nitrogen and oxygen atoms in total. The lowest BCUT2D eigenvalue weighted by Crippen LogP contribution is -2.30. The van der Waals surface area contributed by atoms with E-state index in [2.05, 4.69) is 24.9 Å². The number of rotatable bonds is 7. The van der Waals surface area contributed by atoms with E-state index in [9.17, 15) is 12.8 Å². The number of halogens is 1. The zero-order valence-corrected chi connectivity index (χ0v) is 18.7. The summed E-state index contributed by atoms with van der Waals surface area (Å²) in [5.74, 6) is 0.655. The Hall–Kier alpha value is -3.20. The van der Waals surface area contributed by atoms with Gasteiger partial charge in [-0.15, -0.1) is 0 Å². The largest absolute Gasteiger partial charge is 0.356 e. The highest BCUT2D eigenvalue weighted by Gasteiger charge is 2.15. The van der Waals surface area contributed by atoms with E-state index in [4.69, 9.17) is 0 Å². The minimum Gasteiger partial charge on any atom is -0.356 e. The number of hydrogen-bond acceptors (Lipinski definition) is 6. The van der Waals surface area contributed by atoms with Crippen molar-refractivity contribution in [1.82, 2.24) is 9.97 Å². The maximum atomic E-state index is 13.3. The summed E-state index contributed by atoms with van der Waals surface area (Å²) in [6.07, 6.45) is 3.59. The van der Waals surface area contributed by atoms with Crippen LogP contribution in [0.15, 0.2) is 54.6 Å². The second kappa shape index (κ2) is 9.52. The molecule has 1 aromatic heterocycles. The quantitative estimate of drug-likeness (QED) is 0.541. The Morgan fingerprint density at radius 1 is 0.969 bits per heavy atom. The summed E-state index contributed by atoms with van der Waals surface area (Å²) in [5, 5.41) is 3.19. The van der Waals surface area contributed by atoms with Crippen LogP contribution in [0, 0.1) is 12.7 Å². The standard InChI is InChI=1S/C23H26FN5O2S/c1-17-14-22(29-12-3-2-4-13-29)27-23(25-17)26-20-8-10-21(11-9-20)28-32(30,31)16-18-6-5-7-19(24)15-18/h5-11,14-15,28H,2-4,12-13,16H2,1H3,(H,25,26,27). The Morgan fingerprint density at radius 3 is 2.41 bits per heavy atom. The number of aromatic nitrogens is 2. The molecule has 0 amide bonds. The summed E-state index contributed by atoms with van der Waals surface area (Å²) in [6.45, 7) is 3.94. The molecule has 32 heavy (non-hydrogen) atoms. The molecule has 0 radical (unpaired) electrons. The third-order valence-corrected chi connectivity index (χ3v) is 6.44. The van der Waals surface area contributed by atoms with Gasteiger partial charge in [-0.1, -0.05) is 12.1 Å². The van der Waals surface area contributed by atoms with E-state index in [-0.39, 0.29) is 5.75 Å². The van der Waals surface area contributed by atoms with Crippen LogP contribution in [0.3, 0.4) is 0 Å². The first-order chi connectivity index (χ1) is 15.4. The van der Waals surface area contributed by atoms with E-state index in [1.807, 2.05) is 13.0 Å². The lowest BCUT2D eigenvalue weighted by molar-refractivity contribution is 0.573. The van der Waals surface area contributed by atoms with E-state index in [0.717, 1.165) is 30.3 Å². The molecule has 0 saturated carbocycles. The van der Waals surface area contributed by atoms with Gasteiger partial charge in [-0.05, 0) is 68.1 Å². The molecule has 1 aliphatic rings. The SMILES string of the molecule is Cc1cc(N2CCCCC2)nc(Nc2ccc(NS(=O)(=O)Cc3cccc(F)c3)cc2)n1. The number of nitrogens with zero attached hydrogens (tertiary/aromatic N) is 3. The summed E-state index contributed by atoms with van der Waals surface area (Å²) in [5.41, 5.74) is 2.43. The minimum absolute atomic E-state index is 0.304. The number of benzene rings is 2. The van der Waals surface area contributed by atoms with Crippen LogP contribution >= 0.6 is 0 Å². The Kier molecular flexibility index (Phi) is 6.55. The third kappa shape index (κ3) is 5.94. The summed E-state index contributed by atoms with van der Waals surface area (Å²) in [7, 11) is -3.67. The molecule has 1 fully saturated rings. The van der Waals surface area contributed by atoms with Gasteiger partial charge in [-0.2, -0.15) is 4.98 Å².